The van der Waals surface area contributed by atoms with Crippen LogP contribution in [0.15, 0.2) is 0 Å². The lowest BCUT2D eigenvalue weighted by Gasteiger charge is -2.29. The van der Waals surface area contributed by atoms with Crippen LogP contribution in [0.4, 0.5) is 0 Å². The maximum atomic E-state index is 12.4. The van der Waals surface area contributed by atoms with E-state index in [1.165, 1.54) is 32.1 Å². The summed E-state index contributed by atoms with van der Waals surface area (Å²) in [6.45, 7) is 0.676. The van der Waals surface area contributed by atoms with E-state index in [9.17, 15) is 4.79 Å². The van der Waals surface area contributed by atoms with Crippen LogP contribution in [-0.2, 0) is 4.79 Å². The fourth-order valence-electron chi connectivity index (χ4n) is 3.38. The molecule has 0 unspecified atom stereocenters. The number of rotatable bonds is 3. The molecular weight excluding hydrogens is 200 g/mol. The van der Waals surface area contributed by atoms with Crippen LogP contribution < -0.4 is 5.73 Å². The Kier molecular flexibility index (Phi) is 3.85. The smallest absolute Gasteiger partial charge is 0.225 e. The molecule has 3 heteroatoms. The molecule has 2 rings (SSSR count). The maximum Gasteiger partial charge on any atom is 0.225 e. The number of hydrogen-bond acceptors (Lipinski definition) is 2. The van der Waals surface area contributed by atoms with Crippen molar-refractivity contribution >= 4 is 5.91 Å². The first kappa shape index (κ1) is 11.9. The van der Waals surface area contributed by atoms with Crippen molar-refractivity contribution in [1.82, 2.24) is 4.90 Å². The minimum Gasteiger partial charge on any atom is -0.343 e. The summed E-state index contributed by atoms with van der Waals surface area (Å²) < 4.78 is 0. The highest BCUT2D eigenvalue weighted by Gasteiger charge is 2.35. The van der Waals surface area contributed by atoms with E-state index in [1.807, 2.05) is 11.9 Å². The first-order chi connectivity index (χ1) is 7.74. The Morgan fingerprint density at radius 1 is 1.19 bits per heavy atom. The van der Waals surface area contributed by atoms with Crippen LogP contribution in [0.2, 0.25) is 0 Å². The Morgan fingerprint density at radius 2 is 1.88 bits per heavy atom. The van der Waals surface area contributed by atoms with Gasteiger partial charge in [0.2, 0.25) is 5.91 Å². The summed E-state index contributed by atoms with van der Waals surface area (Å²) in [5.74, 6) is 1.02. The van der Waals surface area contributed by atoms with Gasteiger partial charge in [0.1, 0.15) is 0 Å². The van der Waals surface area contributed by atoms with Gasteiger partial charge in [-0.05, 0) is 38.1 Å². The molecule has 0 saturated heterocycles. The number of carbonyl (C=O) groups excluding carboxylic acids is 1. The summed E-state index contributed by atoms with van der Waals surface area (Å²) in [6.07, 6.45) is 8.34. The van der Waals surface area contributed by atoms with E-state index in [0.29, 0.717) is 24.4 Å². The molecule has 2 saturated carbocycles. The molecule has 0 spiro atoms. The van der Waals surface area contributed by atoms with Crippen LogP contribution in [0, 0.1) is 11.8 Å². The van der Waals surface area contributed by atoms with E-state index < -0.39 is 0 Å². The first-order valence-corrected chi connectivity index (χ1v) is 6.70. The van der Waals surface area contributed by atoms with Crippen LogP contribution in [0.3, 0.4) is 0 Å². The second kappa shape index (κ2) is 5.17. The third kappa shape index (κ3) is 2.24. The Labute approximate surface area is 98.4 Å². The average molecular weight is 224 g/mol. The zero-order valence-corrected chi connectivity index (χ0v) is 10.3. The molecule has 0 aromatic heterocycles. The molecule has 16 heavy (non-hydrogen) atoms. The van der Waals surface area contributed by atoms with Crippen molar-refractivity contribution < 1.29 is 4.79 Å². The van der Waals surface area contributed by atoms with Gasteiger partial charge < -0.3 is 10.6 Å². The monoisotopic (exact) mass is 224 g/mol. The minimum absolute atomic E-state index is 0.218. The van der Waals surface area contributed by atoms with Crippen molar-refractivity contribution in [2.45, 2.75) is 51.0 Å². The van der Waals surface area contributed by atoms with E-state index in [4.69, 9.17) is 5.73 Å². The Bertz CT molecular complexity index is 248. The van der Waals surface area contributed by atoms with Crippen molar-refractivity contribution in [1.29, 1.82) is 0 Å². The highest BCUT2D eigenvalue weighted by Crippen LogP contribution is 2.34. The normalized spacial score (nSPS) is 30.9. The molecule has 0 radical (unpaired) electrons. The SMILES string of the molecule is CN(C(=O)[C@@H]1CCC[C@@H]1CN)C1CCCC1. The standard InChI is InChI=1S/C13H24N2O/c1-15(11-6-2-3-7-11)13(16)12-8-4-5-10(12)9-14/h10-12H,2-9,14H2,1H3/t10-,12-/m1/s1. The molecule has 0 aromatic carbocycles. The molecule has 2 aliphatic rings. The molecule has 2 aliphatic carbocycles. The third-order valence-electron chi connectivity index (χ3n) is 4.50. The van der Waals surface area contributed by atoms with Gasteiger partial charge in [0, 0.05) is 19.0 Å². The number of nitrogens with zero attached hydrogens (tertiary/aromatic N) is 1. The third-order valence-corrected chi connectivity index (χ3v) is 4.50. The summed E-state index contributed by atoms with van der Waals surface area (Å²) >= 11 is 0. The van der Waals surface area contributed by atoms with Crippen molar-refractivity contribution in [3.05, 3.63) is 0 Å². The zero-order valence-electron chi connectivity index (χ0n) is 10.3. The van der Waals surface area contributed by atoms with Gasteiger partial charge >= 0.3 is 0 Å². The van der Waals surface area contributed by atoms with Crippen molar-refractivity contribution in [3.63, 3.8) is 0 Å². The lowest BCUT2D eigenvalue weighted by molar-refractivity contribution is -0.137. The highest BCUT2D eigenvalue weighted by atomic mass is 16.2. The second-order valence-corrected chi connectivity index (χ2v) is 5.42. The van der Waals surface area contributed by atoms with Crippen LogP contribution in [0.5, 0.6) is 0 Å². The average Bonchev–Trinajstić information content (AvgIpc) is 2.97. The second-order valence-electron chi connectivity index (χ2n) is 5.42. The molecule has 0 aromatic rings. The lowest BCUT2D eigenvalue weighted by atomic mass is 9.94. The van der Waals surface area contributed by atoms with Crippen LogP contribution in [0.25, 0.3) is 0 Å². The van der Waals surface area contributed by atoms with Crippen molar-refractivity contribution in [2.75, 3.05) is 13.6 Å². The molecular formula is C13H24N2O. The zero-order chi connectivity index (χ0) is 11.5. The van der Waals surface area contributed by atoms with Gasteiger partial charge in [-0.15, -0.1) is 0 Å². The van der Waals surface area contributed by atoms with E-state index in [0.717, 1.165) is 12.8 Å². The molecule has 1 amide bonds. The van der Waals surface area contributed by atoms with Gasteiger partial charge in [-0.3, -0.25) is 4.79 Å². The predicted molar refractivity (Wildman–Crippen MR) is 64.9 cm³/mol. The highest BCUT2D eigenvalue weighted by molar-refractivity contribution is 5.79. The van der Waals surface area contributed by atoms with Crippen LogP contribution in [-0.4, -0.2) is 30.4 Å². The van der Waals surface area contributed by atoms with Gasteiger partial charge in [-0.1, -0.05) is 19.3 Å². The molecule has 0 bridgehead atoms. The minimum atomic E-state index is 0.218. The van der Waals surface area contributed by atoms with Gasteiger partial charge in [0.15, 0.2) is 0 Å². The first-order valence-electron chi connectivity index (χ1n) is 6.70. The predicted octanol–water partition coefficient (Wildman–Crippen LogP) is 1.76. The quantitative estimate of drug-likeness (QED) is 0.794. The van der Waals surface area contributed by atoms with Gasteiger partial charge in [-0.2, -0.15) is 0 Å². The fourth-order valence-corrected chi connectivity index (χ4v) is 3.38. The summed E-state index contributed by atoms with van der Waals surface area (Å²) in [7, 11) is 1.99. The van der Waals surface area contributed by atoms with Gasteiger partial charge in [0.25, 0.3) is 0 Å². The van der Waals surface area contributed by atoms with Crippen LogP contribution >= 0.6 is 0 Å². The molecule has 0 aliphatic heterocycles. The Morgan fingerprint density at radius 3 is 2.50 bits per heavy atom. The maximum absolute atomic E-state index is 12.4. The molecule has 0 heterocycles. The lowest BCUT2D eigenvalue weighted by Crippen LogP contribution is -2.41. The van der Waals surface area contributed by atoms with Gasteiger partial charge in [-0.25, -0.2) is 0 Å². The summed E-state index contributed by atoms with van der Waals surface area (Å²) in [4.78, 5) is 14.4. The Hall–Kier alpha value is -0.570. The fraction of sp³-hybridized carbons (Fsp3) is 0.923. The van der Waals surface area contributed by atoms with Crippen LogP contribution in [0.1, 0.15) is 44.9 Å². The van der Waals surface area contributed by atoms with Gasteiger partial charge in [0.05, 0.1) is 0 Å². The molecule has 2 atom stereocenters. The van der Waals surface area contributed by atoms with Crippen molar-refractivity contribution in [2.24, 2.45) is 17.6 Å². The van der Waals surface area contributed by atoms with E-state index in [2.05, 4.69) is 0 Å². The number of nitrogens with two attached hydrogens (primary N) is 1. The Balaban J connectivity index is 1.95. The summed E-state index contributed by atoms with van der Waals surface area (Å²) in [5, 5.41) is 0. The number of hydrogen-bond donors (Lipinski definition) is 1. The molecule has 2 N–H and O–H groups in total. The number of amides is 1. The van der Waals surface area contributed by atoms with E-state index in [-0.39, 0.29) is 5.92 Å². The summed E-state index contributed by atoms with van der Waals surface area (Å²) in [5.41, 5.74) is 5.74. The number of carbonyl (C=O) groups is 1. The topological polar surface area (TPSA) is 46.3 Å². The van der Waals surface area contributed by atoms with E-state index >= 15 is 0 Å². The molecule has 2 fully saturated rings. The molecule has 92 valence electrons. The summed E-state index contributed by atoms with van der Waals surface area (Å²) in [6, 6.07) is 0.506. The molecule has 3 nitrogen and oxygen atoms in total. The largest absolute Gasteiger partial charge is 0.343 e. The van der Waals surface area contributed by atoms with Crippen molar-refractivity contribution in [3.8, 4) is 0 Å². The van der Waals surface area contributed by atoms with E-state index in [1.54, 1.807) is 0 Å².